The Morgan fingerprint density at radius 3 is 2.47 bits per heavy atom. The quantitative estimate of drug-likeness (QED) is 0.647. The number of nitrogens with two attached hydrogens (primary N) is 1. The lowest BCUT2D eigenvalue weighted by atomic mass is 9.96. The number of anilines is 1. The first kappa shape index (κ1) is 13.6. The van der Waals surface area contributed by atoms with Crippen molar-refractivity contribution < 1.29 is 9.53 Å². The second kappa shape index (κ2) is 5.21. The minimum atomic E-state index is -0.432. The van der Waals surface area contributed by atoms with Gasteiger partial charge in [0.1, 0.15) is 5.60 Å². The van der Waals surface area contributed by atoms with Crippen molar-refractivity contribution in [2.75, 3.05) is 5.73 Å². The molecule has 94 valence electrons. The zero-order chi connectivity index (χ0) is 13.1. The molecular weight excluding hydrogens is 214 g/mol. The average molecular weight is 235 g/mol. The van der Waals surface area contributed by atoms with Crippen LogP contribution in [0.25, 0.3) is 0 Å². The average Bonchev–Trinajstić information content (AvgIpc) is 2.14. The summed E-state index contributed by atoms with van der Waals surface area (Å²) in [4.78, 5) is 11.7. The van der Waals surface area contributed by atoms with Gasteiger partial charge < -0.3 is 10.5 Å². The summed E-state index contributed by atoms with van der Waals surface area (Å²) in [5, 5.41) is 0. The molecule has 1 rings (SSSR count). The third-order valence-corrected chi connectivity index (χ3v) is 2.42. The van der Waals surface area contributed by atoms with Crippen molar-refractivity contribution in [2.24, 2.45) is 0 Å². The Bertz CT molecular complexity index is 393. The topological polar surface area (TPSA) is 52.3 Å². The molecule has 1 unspecified atom stereocenters. The fraction of sp³-hybridized carbons (Fsp3) is 0.500. The van der Waals surface area contributed by atoms with Gasteiger partial charge in [0.15, 0.2) is 0 Å². The maximum absolute atomic E-state index is 11.7. The fourth-order valence-corrected chi connectivity index (χ4v) is 1.70. The van der Waals surface area contributed by atoms with Gasteiger partial charge in [-0.05, 0) is 38.3 Å². The summed E-state index contributed by atoms with van der Waals surface area (Å²) in [5.41, 5.74) is 7.16. The van der Waals surface area contributed by atoms with E-state index in [2.05, 4.69) is 0 Å². The maximum atomic E-state index is 11.7. The molecule has 3 nitrogen and oxygen atoms in total. The lowest BCUT2D eigenvalue weighted by molar-refractivity contribution is -0.155. The molecule has 0 radical (unpaired) electrons. The number of para-hydroxylation sites is 1. The van der Waals surface area contributed by atoms with Crippen LogP contribution in [-0.2, 0) is 9.53 Å². The monoisotopic (exact) mass is 235 g/mol. The van der Waals surface area contributed by atoms with E-state index in [-0.39, 0.29) is 11.9 Å². The standard InChI is InChI=1S/C14H21NO2/c1-10(9-13(16)17-14(2,3)4)11-7-5-6-8-12(11)15/h5-8,10H,9,15H2,1-4H3. The summed E-state index contributed by atoms with van der Waals surface area (Å²) in [5.74, 6) is -0.112. The molecule has 1 aromatic carbocycles. The molecule has 0 saturated heterocycles. The molecule has 17 heavy (non-hydrogen) atoms. The molecule has 0 aromatic heterocycles. The van der Waals surface area contributed by atoms with E-state index < -0.39 is 5.60 Å². The Hall–Kier alpha value is -1.51. The highest BCUT2D eigenvalue weighted by atomic mass is 16.6. The van der Waals surface area contributed by atoms with Gasteiger partial charge in [0, 0.05) is 5.69 Å². The van der Waals surface area contributed by atoms with Gasteiger partial charge >= 0.3 is 5.97 Å². The molecule has 0 aliphatic carbocycles. The Labute approximate surface area is 103 Å². The molecule has 2 N–H and O–H groups in total. The molecule has 0 aliphatic rings. The van der Waals surface area contributed by atoms with E-state index in [1.54, 1.807) is 0 Å². The summed E-state index contributed by atoms with van der Waals surface area (Å²) in [6, 6.07) is 7.61. The normalized spacial score (nSPS) is 13.2. The van der Waals surface area contributed by atoms with Crippen molar-refractivity contribution in [1.82, 2.24) is 0 Å². The highest BCUT2D eigenvalue weighted by Crippen LogP contribution is 2.25. The van der Waals surface area contributed by atoms with E-state index in [9.17, 15) is 4.79 Å². The third-order valence-electron chi connectivity index (χ3n) is 2.42. The van der Waals surface area contributed by atoms with Gasteiger partial charge in [0.05, 0.1) is 6.42 Å². The van der Waals surface area contributed by atoms with Gasteiger partial charge in [0.2, 0.25) is 0 Å². The van der Waals surface area contributed by atoms with E-state index in [4.69, 9.17) is 10.5 Å². The van der Waals surface area contributed by atoms with Crippen LogP contribution >= 0.6 is 0 Å². The van der Waals surface area contributed by atoms with E-state index in [1.165, 1.54) is 0 Å². The van der Waals surface area contributed by atoms with Gasteiger partial charge in [-0.15, -0.1) is 0 Å². The lowest BCUT2D eigenvalue weighted by Gasteiger charge is -2.21. The molecule has 0 heterocycles. The van der Waals surface area contributed by atoms with Gasteiger partial charge in [-0.1, -0.05) is 25.1 Å². The van der Waals surface area contributed by atoms with Crippen LogP contribution in [0.1, 0.15) is 45.6 Å². The number of nitrogen functional groups attached to an aromatic ring is 1. The largest absolute Gasteiger partial charge is 0.460 e. The first-order valence-electron chi connectivity index (χ1n) is 5.86. The van der Waals surface area contributed by atoms with Crippen LogP contribution in [-0.4, -0.2) is 11.6 Å². The zero-order valence-corrected chi connectivity index (χ0v) is 11.0. The Balaban J connectivity index is 2.64. The van der Waals surface area contributed by atoms with Crippen molar-refractivity contribution >= 4 is 11.7 Å². The minimum Gasteiger partial charge on any atom is -0.460 e. The maximum Gasteiger partial charge on any atom is 0.306 e. The molecular formula is C14H21NO2. The van der Waals surface area contributed by atoms with Crippen molar-refractivity contribution in [2.45, 2.75) is 45.6 Å². The van der Waals surface area contributed by atoms with Crippen LogP contribution in [0, 0.1) is 0 Å². The number of benzene rings is 1. The summed E-state index contributed by atoms with van der Waals surface area (Å²) in [7, 11) is 0. The molecule has 0 fully saturated rings. The molecule has 1 atom stereocenters. The molecule has 3 heteroatoms. The summed E-state index contributed by atoms with van der Waals surface area (Å²) in [6.07, 6.45) is 0.353. The van der Waals surface area contributed by atoms with Gasteiger partial charge in [0.25, 0.3) is 0 Å². The summed E-state index contributed by atoms with van der Waals surface area (Å²) < 4.78 is 5.29. The Morgan fingerprint density at radius 2 is 1.94 bits per heavy atom. The molecule has 0 saturated carbocycles. The number of rotatable bonds is 3. The smallest absolute Gasteiger partial charge is 0.306 e. The fourth-order valence-electron chi connectivity index (χ4n) is 1.70. The van der Waals surface area contributed by atoms with Crippen molar-refractivity contribution in [3.8, 4) is 0 Å². The highest BCUT2D eigenvalue weighted by molar-refractivity contribution is 5.71. The van der Waals surface area contributed by atoms with Gasteiger partial charge in [-0.3, -0.25) is 4.79 Å². The number of carbonyl (C=O) groups is 1. The van der Waals surface area contributed by atoms with E-state index in [1.807, 2.05) is 52.0 Å². The number of hydrogen-bond donors (Lipinski definition) is 1. The molecule has 0 bridgehead atoms. The molecule has 1 aromatic rings. The lowest BCUT2D eigenvalue weighted by Crippen LogP contribution is -2.24. The van der Waals surface area contributed by atoms with E-state index >= 15 is 0 Å². The SMILES string of the molecule is CC(CC(=O)OC(C)(C)C)c1ccccc1N. The highest BCUT2D eigenvalue weighted by Gasteiger charge is 2.19. The van der Waals surface area contributed by atoms with Crippen LogP contribution < -0.4 is 5.73 Å². The first-order valence-corrected chi connectivity index (χ1v) is 5.86. The summed E-state index contributed by atoms with van der Waals surface area (Å²) >= 11 is 0. The van der Waals surface area contributed by atoms with Crippen LogP contribution in [0.2, 0.25) is 0 Å². The molecule has 0 aliphatic heterocycles. The van der Waals surface area contributed by atoms with Crippen LogP contribution in [0.3, 0.4) is 0 Å². The van der Waals surface area contributed by atoms with Crippen molar-refractivity contribution in [1.29, 1.82) is 0 Å². The third kappa shape index (κ3) is 4.47. The van der Waals surface area contributed by atoms with Gasteiger partial charge in [-0.25, -0.2) is 0 Å². The van der Waals surface area contributed by atoms with Crippen molar-refractivity contribution in [3.05, 3.63) is 29.8 Å². The second-order valence-electron chi connectivity index (χ2n) is 5.32. The van der Waals surface area contributed by atoms with Gasteiger partial charge in [-0.2, -0.15) is 0 Å². The van der Waals surface area contributed by atoms with Crippen LogP contribution in [0.15, 0.2) is 24.3 Å². The first-order chi connectivity index (χ1) is 7.79. The zero-order valence-electron chi connectivity index (χ0n) is 11.0. The predicted octanol–water partition coefficient (Wildman–Crippen LogP) is 3.10. The number of hydrogen-bond acceptors (Lipinski definition) is 3. The minimum absolute atomic E-state index is 0.0750. The number of esters is 1. The second-order valence-corrected chi connectivity index (χ2v) is 5.32. The Morgan fingerprint density at radius 1 is 1.35 bits per heavy atom. The van der Waals surface area contributed by atoms with Crippen molar-refractivity contribution in [3.63, 3.8) is 0 Å². The van der Waals surface area contributed by atoms with Crippen LogP contribution in [0.5, 0.6) is 0 Å². The van der Waals surface area contributed by atoms with Crippen LogP contribution in [0.4, 0.5) is 5.69 Å². The summed E-state index contributed by atoms with van der Waals surface area (Å²) in [6.45, 7) is 7.58. The van der Waals surface area contributed by atoms with E-state index in [0.717, 1.165) is 11.3 Å². The molecule has 0 spiro atoms. The molecule has 0 amide bonds. The predicted molar refractivity (Wildman–Crippen MR) is 69.7 cm³/mol. The Kier molecular flexibility index (Phi) is 4.16. The number of ether oxygens (including phenoxy) is 1. The number of carbonyl (C=O) groups excluding carboxylic acids is 1. The van der Waals surface area contributed by atoms with E-state index in [0.29, 0.717) is 6.42 Å².